The van der Waals surface area contributed by atoms with E-state index in [4.69, 9.17) is 11.6 Å². The van der Waals surface area contributed by atoms with Crippen LogP contribution in [0.2, 0.25) is 5.15 Å². The Morgan fingerprint density at radius 3 is 2.65 bits per heavy atom. The van der Waals surface area contributed by atoms with Gasteiger partial charge in [-0.1, -0.05) is 11.6 Å². The highest BCUT2D eigenvalue weighted by atomic mass is 35.5. The Bertz CT molecular complexity index is 394. The first-order chi connectivity index (χ1) is 8.13. The zero-order valence-electron chi connectivity index (χ0n) is 9.36. The monoisotopic (exact) mass is 256 g/mol. The van der Waals surface area contributed by atoms with Crippen LogP contribution in [0, 0.1) is 0 Å². The van der Waals surface area contributed by atoms with Gasteiger partial charge < -0.3 is 10.6 Å². The van der Waals surface area contributed by atoms with E-state index < -0.39 is 0 Å². The van der Waals surface area contributed by atoms with Crippen molar-refractivity contribution in [1.29, 1.82) is 0 Å². The molecule has 92 valence electrons. The van der Waals surface area contributed by atoms with Crippen LogP contribution in [0.15, 0.2) is 12.1 Å². The minimum atomic E-state index is -0.376. The third-order valence-corrected chi connectivity index (χ3v) is 2.08. The molecule has 2 N–H and O–H groups in total. The lowest BCUT2D eigenvalue weighted by atomic mass is 10.3. The Morgan fingerprint density at radius 2 is 2.06 bits per heavy atom. The third kappa shape index (κ3) is 4.78. The van der Waals surface area contributed by atoms with Crippen molar-refractivity contribution in [3.8, 4) is 0 Å². The Hall–Kier alpha value is -1.69. The molecule has 6 nitrogen and oxygen atoms in total. The molecule has 0 saturated carbocycles. The average Bonchev–Trinajstić information content (AvgIpc) is 2.30. The van der Waals surface area contributed by atoms with Crippen molar-refractivity contribution in [2.24, 2.45) is 0 Å². The molecule has 0 aromatic carbocycles. The van der Waals surface area contributed by atoms with Crippen LogP contribution < -0.4 is 10.6 Å². The molecular weight excluding hydrogens is 244 g/mol. The molecule has 0 spiro atoms. The number of amides is 2. The molecule has 1 heterocycles. The molecule has 0 radical (unpaired) electrons. The summed E-state index contributed by atoms with van der Waals surface area (Å²) in [7, 11) is 0. The molecule has 0 atom stereocenters. The number of carbonyl (C=O) groups excluding carboxylic acids is 2. The molecule has 7 heteroatoms. The highest BCUT2D eigenvalue weighted by molar-refractivity contribution is 6.29. The molecule has 0 unspecified atom stereocenters. The number of rotatable bonds is 5. The fourth-order valence-electron chi connectivity index (χ4n) is 1.10. The second-order valence-electron chi connectivity index (χ2n) is 3.20. The fraction of sp³-hybridized carbons (Fsp3) is 0.400. The SMILES string of the molecule is CCNC(=O)CCNC(=O)c1ccc(Cl)nn1. The van der Waals surface area contributed by atoms with Crippen LogP contribution in [-0.4, -0.2) is 35.1 Å². The summed E-state index contributed by atoms with van der Waals surface area (Å²) < 4.78 is 0. The summed E-state index contributed by atoms with van der Waals surface area (Å²) in [6.45, 7) is 2.67. The smallest absolute Gasteiger partial charge is 0.271 e. The van der Waals surface area contributed by atoms with E-state index in [0.29, 0.717) is 6.54 Å². The van der Waals surface area contributed by atoms with Crippen LogP contribution in [0.25, 0.3) is 0 Å². The Labute approximate surface area is 104 Å². The van der Waals surface area contributed by atoms with Gasteiger partial charge in [-0.2, -0.15) is 0 Å². The maximum atomic E-state index is 11.5. The van der Waals surface area contributed by atoms with Crippen molar-refractivity contribution in [3.05, 3.63) is 23.0 Å². The van der Waals surface area contributed by atoms with Gasteiger partial charge in [-0.25, -0.2) is 0 Å². The first kappa shape index (κ1) is 13.4. The van der Waals surface area contributed by atoms with Crippen molar-refractivity contribution >= 4 is 23.4 Å². The average molecular weight is 257 g/mol. The van der Waals surface area contributed by atoms with E-state index in [1.165, 1.54) is 12.1 Å². The van der Waals surface area contributed by atoms with E-state index in [1.54, 1.807) is 0 Å². The van der Waals surface area contributed by atoms with Crippen LogP contribution in [-0.2, 0) is 4.79 Å². The molecule has 0 bridgehead atoms. The summed E-state index contributed by atoms with van der Waals surface area (Å²) in [5, 5.41) is 12.6. The van der Waals surface area contributed by atoms with E-state index in [2.05, 4.69) is 20.8 Å². The highest BCUT2D eigenvalue weighted by Crippen LogP contribution is 2.01. The number of aromatic nitrogens is 2. The van der Waals surface area contributed by atoms with E-state index in [0.717, 1.165) is 0 Å². The van der Waals surface area contributed by atoms with Gasteiger partial charge in [0, 0.05) is 19.5 Å². The lowest BCUT2D eigenvalue weighted by Gasteiger charge is -2.04. The molecule has 0 fully saturated rings. The highest BCUT2D eigenvalue weighted by Gasteiger charge is 2.08. The maximum absolute atomic E-state index is 11.5. The van der Waals surface area contributed by atoms with Gasteiger partial charge in [0.1, 0.15) is 0 Å². The minimum absolute atomic E-state index is 0.102. The molecule has 1 rings (SSSR count). The number of nitrogens with one attached hydrogen (secondary N) is 2. The summed E-state index contributed by atoms with van der Waals surface area (Å²) in [5.74, 6) is -0.478. The van der Waals surface area contributed by atoms with Crippen LogP contribution in [0.1, 0.15) is 23.8 Å². The minimum Gasteiger partial charge on any atom is -0.356 e. The number of hydrogen-bond donors (Lipinski definition) is 2. The topological polar surface area (TPSA) is 84.0 Å². The van der Waals surface area contributed by atoms with E-state index in [9.17, 15) is 9.59 Å². The number of nitrogens with zero attached hydrogens (tertiary/aromatic N) is 2. The van der Waals surface area contributed by atoms with Gasteiger partial charge in [-0.15, -0.1) is 10.2 Å². The number of hydrogen-bond acceptors (Lipinski definition) is 4. The standard InChI is InChI=1S/C10H13ClN4O2/c1-2-12-9(16)5-6-13-10(17)7-3-4-8(11)15-14-7/h3-4H,2,5-6H2,1H3,(H,12,16)(H,13,17). The van der Waals surface area contributed by atoms with E-state index in [-0.39, 0.29) is 35.6 Å². The Kier molecular flexibility index (Phi) is 5.35. The van der Waals surface area contributed by atoms with Gasteiger partial charge in [0.15, 0.2) is 10.8 Å². The fourth-order valence-corrected chi connectivity index (χ4v) is 1.20. The van der Waals surface area contributed by atoms with Crippen molar-refractivity contribution < 1.29 is 9.59 Å². The molecule has 1 aromatic heterocycles. The molecule has 0 saturated heterocycles. The molecular formula is C10H13ClN4O2. The van der Waals surface area contributed by atoms with Gasteiger partial charge in [0.2, 0.25) is 5.91 Å². The summed E-state index contributed by atoms with van der Waals surface area (Å²) in [4.78, 5) is 22.6. The second kappa shape index (κ2) is 6.80. The molecule has 0 aliphatic heterocycles. The summed E-state index contributed by atoms with van der Waals surface area (Å²) in [5.41, 5.74) is 0.172. The summed E-state index contributed by atoms with van der Waals surface area (Å²) in [6, 6.07) is 2.95. The molecule has 0 aliphatic carbocycles. The van der Waals surface area contributed by atoms with Crippen LogP contribution in [0.4, 0.5) is 0 Å². The predicted octanol–water partition coefficient (Wildman–Crippen LogP) is 0.386. The van der Waals surface area contributed by atoms with Gasteiger partial charge in [0.25, 0.3) is 5.91 Å². The van der Waals surface area contributed by atoms with E-state index in [1.807, 2.05) is 6.92 Å². The van der Waals surface area contributed by atoms with Crippen LogP contribution >= 0.6 is 11.6 Å². The number of carbonyl (C=O) groups is 2. The third-order valence-electron chi connectivity index (χ3n) is 1.88. The molecule has 1 aromatic rings. The normalized spacial score (nSPS) is 9.76. The van der Waals surface area contributed by atoms with Gasteiger partial charge in [-0.3, -0.25) is 9.59 Å². The van der Waals surface area contributed by atoms with Crippen LogP contribution in [0.3, 0.4) is 0 Å². The van der Waals surface area contributed by atoms with Crippen LogP contribution in [0.5, 0.6) is 0 Å². The summed E-state index contributed by atoms with van der Waals surface area (Å²) >= 11 is 5.54. The van der Waals surface area contributed by atoms with Crippen molar-refractivity contribution in [1.82, 2.24) is 20.8 Å². The maximum Gasteiger partial charge on any atom is 0.271 e. The second-order valence-corrected chi connectivity index (χ2v) is 3.59. The van der Waals surface area contributed by atoms with Gasteiger partial charge >= 0.3 is 0 Å². The first-order valence-electron chi connectivity index (χ1n) is 5.17. The van der Waals surface area contributed by atoms with Gasteiger partial charge in [0.05, 0.1) is 0 Å². The Balaban J connectivity index is 2.35. The van der Waals surface area contributed by atoms with Gasteiger partial charge in [-0.05, 0) is 19.1 Å². The molecule has 2 amide bonds. The number of halogens is 1. The lowest BCUT2D eigenvalue weighted by molar-refractivity contribution is -0.120. The Morgan fingerprint density at radius 1 is 1.29 bits per heavy atom. The molecule has 17 heavy (non-hydrogen) atoms. The first-order valence-corrected chi connectivity index (χ1v) is 5.55. The molecule has 0 aliphatic rings. The zero-order chi connectivity index (χ0) is 12.7. The largest absolute Gasteiger partial charge is 0.356 e. The summed E-state index contributed by atoms with van der Waals surface area (Å²) in [6.07, 6.45) is 0.237. The van der Waals surface area contributed by atoms with Crippen molar-refractivity contribution in [2.45, 2.75) is 13.3 Å². The lowest BCUT2D eigenvalue weighted by Crippen LogP contribution is -2.31. The quantitative estimate of drug-likeness (QED) is 0.798. The zero-order valence-corrected chi connectivity index (χ0v) is 10.1. The van der Waals surface area contributed by atoms with Crippen molar-refractivity contribution in [2.75, 3.05) is 13.1 Å². The van der Waals surface area contributed by atoms with Crippen molar-refractivity contribution in [3.63, 3.8) is 0 Å². The van der Waals surface area contributed by atoms with E-state index >= 15 is 0 Å². The predicted molar refractivity (Wildman–Crippen MR) is 62.7 cm³/mol.